The molecule has 2 aromatic heterocycles. The van der Waals surface area contributed by atoms with E-state index in [0.717, 1.165) is 26.5 Å². The molecule has 2 heterocycles. The number of halogens is 1. The molecule has 0 unspecified atom stereocenters. The SMILES string of the molecule is C[C@@H]([NH2+]Cc1nc2scc(-c3ccccc3)c2c(=O)[nH]1)c1cccc(Cl)c1. The van der Waals surface area contributed by atoms with Gasteiger partial charge < -0.3 is 10.3 Å². The van der Waals surface area contributed by atoms with Crippen LogP contribution in [-0.2, 0) is 6.54 Å². The van der Waals surface area contributed by atoms with Gasteiger partial charge in [0.2, 0.25) is 0 Å². The highest BCUT2D eigenvalue weighted by Crippen LogP contribution is 2.30. The third-order valence-electron chi connectivity index (χ3n) is 4.62. The molecule has 0 aliphatic carbocycles. The quantitative estimate of drug-likeness (QED) is 0.532. The Kier molecular flexibility index (Phi) is 5.07. The van der Waals surface area contributed by atoms with E-state index in [1.807, 2.05) is 53.9 Å². The molecule has 136 valence electrons. The normalized spacial score (nSPS) is 12.4. The molecule has 0 saturated carbocycles. The fourth-order valence-corrected chi connectivity index (χ4v) is 4.30. The minimum atomic E-state index is -0.0843. The first-order valence-corrected chi connectivity index (χ1v) is 10.0. The lowest BCUT2D eigenvalue weighted by molar-refractivity contribution is -0.708. The Morgan fingerprint density at radius 2 is 2.00 bits per heavy atom. The van der Waals surface area contributed by atoms with Gasteiger partial charge in [0.1, 0.15) is 17.4 Å². The van der Waals surface area contributed by atoms with Crippen LogP contribution in [-0.4, -0.2) is 9.97 Å². The summed E-state index contributed by atoms with van der Waals surface area (Å²) >= 11 is 7.58. The lowest BCUT2D eigenvalue weighted by atomic mass is 10.1. The molecular formula is C21H19ClN3OS+. The summed E-state index contributed by atoms with van der Waals surface area (Å²) in [4.78, 5) is 21.1. The van der Waals surface area contributed by atoms with Gasteiger partial charge in [0.25, 0.3) is 5.56 Å². The number of H-pyrrole nitrogens is 1. The van der Waals surface area contributed by atoms with Gasteiger partial charge in [-0.25, -0.2) is 4.98 Å². The van der Waals surface area contributed by atoms with Crippen molar-refractivity contribution >= 4 is 33.2 Å². The number of rotatable bonds is 5. The van der Waals surface area contributed by atoms with Crippen molar-refractivity contribution in [3.05, 3.63) is 86.7 Å². The van der Waals surface area contributed by atoms with E-state index in [0.29, 0.717) is 17.8 Å². The van der Waals surface area contributed by atoms with Crippen LogP contribution < -0.4 is 10.9 Å². The van der Waals surface area contributed by atoms with Crippen molar-refractivity contribution in [1.29, 1.82) is 0 Å². The minimum Gasteiger partial charge on any atom is -0.334 e. The van der Waals surface area contributed by atoms with E-state index < -0.39 is 0 Å². The van der Waals surface area contributed by atoms with Gasteiger partial charge in [0, 0.05) is 21.5 Å². The van der Waals surface area contributed by atoms with Gasteiger partial charge in [-0.2, -0.15) is 0 Å². The molecule has 4 rings (SSSR count). The zero-order valence-electron chi connectivity index (χ0n) is 14.8. The Hall–Kier alpha value is -2.47. The fraction of sp³-hybridized carbons (Fsp3) is 0.143. The second-order valence-corrected chi connectivity index (χ2v) is 7.79. The lowest BCUT2D eigenvalue weighted by Crippen LogP contribution is -2.83. The van der Waals surface area contributed by atoms with Gasteiger partial charge in [-0.15, -0.1) is 11.3 Å². The summed E-state index contributed by atoms with van der Waals surface area (Å²) in [6.07, 6.45) is 0. The molecule has 3 N–H and O–H groups in total. The molecule has 6 heteroatoms. The van der Waals surface area contributed by atoms with Crippen LogP contribution in [0.3, 0.4) is 0 Å². The highest BCUT2D eigenvalue weighted by Gasteiger charge is 2.15. The maximum atomic E-state index is 12.7. The van der Waals surface area contributed by atoms with Crippen molar-refractivity contribution in [2.75, 3.05) is 0 Å². The average Bonchev–Trinajstić information content (AvgIpc) is 3.11. The summed E-state index contributed by atoms with van der Waals surface area (Å²) in [6.45, 7) is 2.71. The van der Waals surface area contributed by atoms with Crippen molar-refractivity contribution in [2.24, 2.45) is 0 Å². The number of thiophene rings is 1. The molecule has 4 aromatic rings. The van der Waals surface area contributed by atoms with E-state index >= 15 is 0 Å². The van der Waals surface area contributed by atoms with Crippen molar-refractivity contribution in [3.63, 3.8) is 0 Å². The molecular weight excluding hydrogens is 378 g/mol. The molecule has 0 aliphatic rings. The summed E-state index contributed by atoms with van der Waals surface area (Å²) < 4.78 is 0. The summed E-state index contributed by atoms with van der Waals surface area (Å²) in [6, 6.07) is 18.0. The number of nitrogens with zero attached hydrogens (tertiary/aromatic N) is 1. The van der Waals surface area contributed by atoms with Gasteiger partial charge in [0.15, 0.2) is 5.82 Å². The number of quaternary nitrogens is 1. The number of fused-ring (bicyclic) bond motifs is 1. The standard InChI is InChI=1S/C21H18ClN3OS/c1-13(15-8-5-9-16(22)10-15)23-11-18-24-20(26)19-17(12-27-21(19)25-18)14-6-3-2-4-7-14/h2-10,12-13,23H,11H2,1H3,(H,24,25,26)/p+1/t13-/m1/s1. The number of nitrogens with one attached hydrogen (secondary N) is 1. The number of nitrogens with two attached hydrogens (primary N) is 1. The smallest absolute Gasteiger partial charge is 0.260 e. The van der Waals surface area contributed by atoms with Crippen LogP contribution in [0.4, 0.5) is 0 Å². The van der Waals surface area contributed by atoms with Crippen molar-refractivity contribution in [3.8, 4) is 11.1 Å². The molecule has 0 amide bonds. The summed E-state index contributed by atoms with van der Waals surface area (Å²) in [5, 5.41) is 5.54. The first kappa shape index (κ1) is 17.9. The number of benzene rings is 2. The molecule has 0 radical (unpaired) electrons. The van der Waals surface area contributed by atoms with Crippen molar-refractivity contribution in [2.45, 2.75) is 19.5 Å². The highest BCUT2D eigenvalue weighted by atomic mass is 35.5. The third-order valence-corrected chi connectivity index (χ3v) is 5.72. The minimum absolute atomic E-state index is 0.0843. The molecule has 0 fully saturated rings. The van der Waals surface area contributed by atoms with E-state index in [1.54, 1.807) is 0 Å². The van der Waals surface area contributed by atoms with E-state index in [1.165, 1.54) is 11.3 Å². The van der Waals surface area contributed by atoms with Gasteiger partial charge in [-0.3, -0.25) is 4.79 Å². The zero-order chi connectivity index (χ0) is 18.8. The van der Waals surface area contributed by atoms with Crippen molar-refractivity contribution < 1.29 is 5.32 Å². The Morgan fingerprint density at radius 3 is 2.78 bits per heavy atom. The molecule has 0 spiro atoms. The Balaban J connectivity index is 1.58. The number of aromatic amines is 1. The monoisotopic (exact) mass is 396 g/mol. The third kappa shape index (κ3) is 3.81. The first-order valence-electron chi connectivity index (χ1n) is 8.76. The first-order chi connectivity index (χ1) is 13.1. The molecule has 4 nitrogen and oxygen atoms in total. The topological polar surface area (TPSA) is 62.4 Å². The van der Waals surface area contributed by atoms with Crippen LogP contribution in [0.15, 0.2) is 64.8 Å². The Labute approximate surface area is 165 Å². The van der Waals surface area contributed by atoms with Crippen molar-refractivity contribution in [1.82, 2.24) is 9.97 Å². The summed E-state index contributed by atoms with van der Waals surface area (Å²) in [7, 11) is 0. The van der Waals surface area contributed by atoms with Crippen LogP contribution in [0, 0.1) is 0 Å². The highest BCUT2D eigenvalue weighted by molar-refractivity contribution is 7.17. The summed E-state index contributed by atoms with van der Waals surface area (Å²) in [5.74, 6) is 0.683. The van der Waals surface area contributed by atoms with E-state index in [4.69, 9.17) is 11.6 Å². The van der Waals surface area contributed by atoms with Gasteiger partial charge in [-0.1, -0.05) is 54.1 Å². The molecule has 27 heavy (non-hydrogen) atoms. The molecule has 0 aliphatic heterocycles. The maximum absolute atomic E-state index is 12.7. The maximum Gasteiger partial charge on any atom is 0.260 e. The Bertz CT molecular complexity index is 1140. The molecule has 2 aromatic carbocycles. The molecule has 0 saturated heterocycles. The molecule has 0 bridgehead atoms. The van der Waals surface area contributed by atoms with Gasteiger partial charge >= 0.3 is 0 Å². The fourth-order valence-electron chi connectivity index (χ4n) is 3.13. The number of hydrogen-bond acceptors (Lipinski definition) is 3. The van der Waals surface area contributed by atoms with Crippen LogP contribution in [0.5, 0.6) is 0 Å². The van der Waals surface area contributed by atoms with Crippen LogP contribution in [0.25, 0.3) is 21.3 Å². The van der Waals surface area contributed by atoms with Crippen LogP contribution >= 0.6 is 22.9 Å². The van der Waals surface area contributed by atoms with E-state index in [9.17, 15) is 4.79 Å². The van der Waals surface area contributed by atoms with Gasteiger partial charge in [-0.05, 0) is 24.6 Å². The average molecular weight is 397 g/mol. The second-order valence-electron chi connectivity index (χ2n) is 6.49. The van der Waals surface area contributed by atoms with E-state index in [2.05, 4.69) is 28.3 Å². The zero-order valence-corrected chi connectivity index (χ0v) is 16.3. The van der Waals surface area contributed by atoms with Gasteiger partial charge in [0.05, 0.1) is 5.39 Å². The van der Waals surface area contributed by atoms with Crippen LogP contribution in [0.2, 0.25) is 5.02 Å². The lowest BCUT2D eigenvalue weighted by Gasteiger charge is -2.11. The second kappa shape index (κ2) is 7.64. The van der Waals surface area contributed by atoms with E-state index in [-0.39, 0.29) is 11.6 Å². The predicted octanol–water partition coefficient (Wildman–Crippen LogP) is 4.13. The van der Waals surface area contributed by atoms with Crippen LogP contribution in [0.1, 0.15) is 24.4 Å². The number of aromatic nitrogens is 2. The number of hydrogen-bond donors (Lipinski definition) is 2. The molecule has 1 atom stereocenters. The predicted molar refractivity (Wildman–Crippen MR) is 111 cm³/mol. The largest absolute Gasteiger partial charge is 0.334 e. The Morgan fingerprint density at radius 1 is 1.19 bits per heavy atom. The summed E-state index contributed by atoms with van der Waals surface area (Å²) in [5.41, 5.74) is 3.03.